The van der Waals surface area contributed by atoms with Crippen molar-refractivity contribution in [2.45, 2.75) is 43.6 Å². The first kappa shape index (κ1) is 19.9. The molecule has 2 aliphatic heterocycles. The van der Waals surface area contributed by atoms with Crippen LogP contribution in [0.2, 0.25) is 0 Å². The Morgan fingerprint density at radius 1 is 1.16 bits per heavy atom. The Bertz CT molecular complexity index is 1200. The molecule has 0 saturated carbocycles. The summed E-state index contributed by atoms with van der Waals surface area (Å²) in [4.78, 5) is 16.5. The van der Waals surface area contributed by atoms with E-state index in [-0.39, 0.29) is 23.4 Å². The topological polar surface area (TPSA) is 74.5 Å². The normalized spacial score (nSPS) is 25.8. The molecular weight excluding hydrogens is 397 g/mol. The van der Waals surface area contributed by atoms with Crippen LogP contribution in [-0.4, -0.2) is 63.2 Å². The van der Waals surface area contributed by atoms with E-state index in [9.17, 15) is 9.90 Å². The van der Waals surface area contributed by atoms with Gasteiger partial charge in [-0.15, -0.1) is 10.2 Å². The van der Waals surface area contributed by atoms with Crippen molar-refractivity contribution < 1.29 is 9.50 Å². The number of phenolic OH excluding ortho intramolecular Hbond substituents is 1. The van der Waals surface area contributed by atoms with Gasteiger partial charge in [-0.25, -0.2) is 4.39 Å². The Hall–Kier alpha value is -3.00. The summed E-state index contributed by atoms with van der Waals surface area (Å²) in [7, 11) is 5.57. The lowest BCUT2D eigenvalue weighted by molar-refractivity contribution is 0.0701. The van der Waals surface area contributed by atoms with E-state index in [4.69, 9.17) is 0 Å². The molecule has 0 aliphatic carbocycles. The van der Waals surface area contributed by atoms with Crippen molar-refractivity contribution in [3.63, 3.8) is 0 Å². The Kier molecular flexibility index (Phi) is 4.69. The molecule has 4 atom stereocenters. The number of phenols is 1. The Morgan fingerprint density at radius 2 is 1.97 bits per heavy atom. The Labute approximate surface area is 179 Å². The number of alkyl halides is 1. The van der Waals surface area contributed by atoms with E-state index in [0.717, 1.165) is 19.3 Å². The summed E-state index contributed by atoms with van der Waals surface area (Å²) < 4.78 is 16.6. The molecule has 8 heteroatoms. The van der Waals surface area contributed by atoms with Crippen molar-refractivity contribution in [3.8, 4) is 17.0 Å². The standard InChI is InChI=1S/C23H26FN5O2/c1-27-9-8-13-10-20(30)16(12-15(13)23(27)31)17-5-7-21(26-25-17)29(3)19-11-14-4-6-18(22(19)24)28(14)2/h5,7-10,12,14,18-19,22,30H,4,6,11H2,1-3H3/t14?,18?,19-,22+/m1/s1. The third kappa shape index (κ3) is 3.17. The van der Waals surface area contributed by atoms with Crippen molar-refractivity contribution in [2.75, 3.05) is 19.0 Å². The number of fused-ring (bicyclic) bond motifs is 3. The molecule has 1 N–H and O–H groups in total. The van der Waals surface area contributed by atoms with Crippen LogP contribution in [0.4, 0.5) is 10.2 Å². The van der Waals surface area contributed by atoms with Crippen LogP contribution in [0.5, 0.6) is 5.75 Å². The van der Waals surface area contributed by atoms with E-state index in [1.54, 1.807) is 43.6 Å². The highest BCUT2D eigenvalue weighted by atomic mass is 19.1. The molecule has 2 aliphatic rings. The molecule has 2 saturated heterocycles. The molecule has 5 rings (SSSR count). The van der Waals surface area contributed by atoms with Crippen molar-refractivity contribution in [3.05, 3.63) is 46.9 Å². The van der Waals surface area contributed by atoms with E-state index in [1.165, 1.54) is 4.57 Å². The van der Waals surface area contributed by atoms with Crippen LogP contribution >= 0.6 is 0 Å². The van der Waals surface area contributed by atoms with Crippen LogP contribution in [0, 0.1) is 0 Å². The molecule has 31 heavy (non-hydrogen) atoms. The monoisotopic (exact) mass is 423 g/mol. The van der Waals surface area contributed by atoms with E-state index in [0.29, 0.717) is 33.9 Å². The summed E-state index contributed by atoms with van der Waals surface area (Å²) in [6.07, 6.45) is 3.44. The highest BCUT2D eigenvalue weighted by molar-refractivity contribution is 5.89. The van der Waals surface area contributed by atoms with Crippen molar-refractivity contribution in [2.24, 2.45) is 7.05 Å². The van der Waals surface area contributed by atoms with E-state index < -0.39 is 6.17 Å². The Balaban J connectivity index is 1.45. The maximum Gasteiger partial charge on any atom is 0.258 e. The molecular formula is C23H26FN5O2. The van der Waals surface area contributed by atoms with Crippen LogP contribution in [0.25, 0.3) is 22.0 Å². The van der Waals surface area contributed by atoms with Gasteiger partial charge in [-0.05, 0) is 62.0 Å². The summed E-state index contributed by atoms with van der Waals surface area (Å²) >= 11 is 0. The van der Waals surface area contributed by atoms with Gasteiger partial charge in [0.1, 0.15) is 11.9 Å². The fourth-order valence-electron chi connectivity index (χ4n) is 5.16. The van der Waals surface area contributed by atoms with Crippen LogP contribution in [-0.2, 0) is 7.05 Å². The van der Waals surface area contributed by atoms with Crippen molar-refractivity contribution in [1.29, 1.82) is 0 Å². The number of hydrogen-bond acceptors (Lipinski definition) is 6. The van der Waals surface area contributed by atoms with E-state index in [2.05, 4.69) is 15.1 Å². The zero-order chi connectivity index (χ0) is 21.9. The highest BCUT2D eigenvalue weighted by Crippen LogP contribution is 2.39. The van der Waals surface area contributed by atoms with Gasteiger partial charge >= 0.3 is 0 Å². The second-order valence-corrected chi connectivity index (χ2v) is 8.79. The first-order valence-electron chi connectivity index (χ1n) is 10.6. The third-order valence-electron chi connectivity index (χ3n) is 7.13. The molecule has 3 aromatic rings. The maximum atomic E-state index is 15.1. The number of aromatic hydroxyl groups is 1. The Morgan fingerprint density at radius 3 is 2.71 bits per heavy atom. The SMILES string of the molecule is CN1C2CCC1[C@H](F)[C@H](N(C)c1ccc(-c3cc4c(=O)n(C)ccc4cc3O)nn1)C2. The maximum absolute atomic E-state index is 15.1. The van der Waals surface area contributed by atoms with Crippen LogP contribution in [0.1, 0.15) is 19.3 Å². The minimum atomic E-state index is -0.934. The summed E-state index contributed by atoms with van der Waals surface area (Å²) in [6, 6.07) is 8.69. The number of nitrogens with zero attached hydrogens (tertiary/aromatic N) is 5. The van der Waals surface area contributed by atoms with Gasteiger partial charge in [0.05, 0.1) is 11.7 Å². The van der Waals surface area contributed by atoms with Crippen LogP contribution < -0.4 is 10.5 Å². The van der Waals surface area contributed by atoms with Gasteiger partial charge in [0, 0.05) is 43.3 Å². The highest BCUT2D eigenvalue weighted by Gasteiger charge is 2.47. The lowest BCUT2D eigenvalue weighted by Gasteiger charge is -2.43. The lowest BCUT2D eigenvalue weighted by atomic mass is 9.95. The fraction of sp³-hybridized carbons (Fsp3) is 0.435. The van der Waals surface area contributed by atoms with Gasteiger partial charge in [0.2, 0.25) is 0 Å². The minimum Gasteiger partial charge on any atom is -0.507 e. The summed E-state index contributed by atoms with van der Waals surface area (Å²) in [5, 5.41) is 20.3. The number of pyridine rings is 1. The average molecular weight is 423 g/mol. The predicted octanol–water partition coefficient (Wildman–Crippen LogP) is 2.71. The number of halogens is 1. The summed E-state index contributed by atoms with van der Waals surface area (Å²) in [6.45, 7) is 0. The van der Waals surface area contributed by atoms with Crippen LogP contribution in [0.15, 0.2) is 41.3 Å². The number of piperidine rings is 1. The lowest BCUT2D eigenvalue weighted by Crippen LogP contribution is -2.56. The molecule has 2 bridgehead atoms. The largest absolute Gasteiger partial charge is 0.507 e. The van der Waals surface area contributed by atoms with E-state index in [1.807, 2.05) is 19.0 Å². The number of benzene rings is 1. The molecule has 4 heterocycles. The smallest absolute Gasteiger partial charge is 0.258 e. The first-order valence-corrected chi connectivity index (χ1v) is 10.6. The molecule has 1 aromatic carbocycles. The zero-order valence-electron chi connectivity index (χ0n) is 17.9. The quantitative estimate of drug-likeness (QED) is 0.698. The fourth-order valence-corrected chi connectivity index (χ4v) is 5.16. The number of aromatic nitrogens is 3. The third-order valence-corrected chi connectivity index (χ3v) is 7.13. The number of hydrogen-bond donors (Lipinski definition) is 1. The minimum absolute atomic E-state index is 0.0319. The number of aryl methyl sites for hydroxylation is 1. The zero-order valence-corrected chi connectivity index (χ0v) is 17.9. The molecule has 0 amide bonds. The predicted molar refractivity (Wildman–Crippen MR) is 118 cm³/mol. The van der Waals surface area contributed by atoms with Crippen molar-refractivity contribution >= 4 is 16.6 Å². The van der Waals surface area contributed by atoms with Gasteiger partial charge in [0.25, 0.3) is 5.56 Å². The number of rotatable bonds is 3. The molecule has 2 fully saturated rings. The number of anilines is 1. The molecule has 0 spiro atoms. The second kappa shape index (κ2) is 7.30. The summed E-state index contributed by atoms with van der Waals surface area (Å²) in [5.41, 5.74) is 0.759. The summed E-state index contributed by atoms with van der Waals surface area (Å²) in [5.74, 6) is 0.628. The molecule has 7 nitrogen and oxygen atoms in total. The van der Waals surface area contributed by atoms with Gasteiger partial charge in [0.15, 0.2) is 5.82 Å². The van der Waals surface area contributed by atoms with Gasteiger partial charge in [-0.1, -0.05) is 0 Å². The van der Waals surface area contributed by atoms with Gasteiger partial charge in [-0.3, -0.25) is 9.69 Å². The van der Waals surface area contributed by atoms with Crippen LogP contribution in [0.3, 0.4) is 0 Å². The molecule has 2 unspecified atom stereocenters. The second-order valence-electron chi connectivity index (χ2n) is 8.79. The molecule has 0 radical (unpaired) electrons. The molecule has 2 aromatic heterocycles. The molecule has 162 valence electrons. The van der Waals surface area contributed by atoms with Gasteiger partial charge < -0.3 is 14.6 Å². The van der Waals surface area contributed by atoms with E-state index >= 15 is 4.39 Å². The van der Waals surface area contributed by atoms with Gasteiger partial charge in [-0.2, -0.15) is 0 Å². The average Bonchev–Trinajstić information content (AvgIpc) is 3.03. The van der Waals surface area contributed by atoms with Crippen molar-refractivity contribution in [1.82, 2.24) is 19.7 Å². The first-order chi connectivity index (χ1) is 14.8.